The molecule has 9 heteroatoms. The van der Waals surface area contributed by atoms with Crippen molar-refractivity contribution in [1.29, 1.82) is 0 Å². The Labute approximate surface area is 192 Å². The second-order valence-corrected chi connectivity index (χ2v) is 7.75. The topological polar surface area (TPSA) is 85.1 Å². The van der Waals surface area contributed by atoms with Gasteiger partial charge in [0.05, 0.1) is 16.3 Å². The Kier molecular flexibility index (Phi) is 5.26. The van der Waals surface area contributed by atoms with Gasteiger partial charge in [-0.2, -0.15) is 9.61 Å². The highest BCUT2D eigenvalue weighted by Crippen LogP contribution is 2.25. The summed E-state index contributed by atoms with van der Waals surface area (Å²) in [4.78, 5) is 16.7. The Balaban J connectivity index is 1.48. The number of benzene rings is 2. The highest BCUT2D eigenvalue weighted by atomic mass is 35.5. The minimum atomic E-state index is -0.350. The van der Waals surface area contributed by atoms with Crippen molar-refractivity contribution >= 4 is 40.4 Å². The van der Waals surface area contributed by atoms with Crippen molar-refractivity contribution in [2.45, 2.75) is 0 Å². The maximum absolute atomic E-state index is 12.7. The van der Waals surface area contributed by atoms with Gasteiger partial charge in [-0.15, -0.1) is 10.2 Å². The van der Waals surface area contributed by atoms with E-state index < -0.39 is 0 Å². The maximum atomic E-state index is 12.7. The molecule has 3 heterocycles. The predicted molar refractivity (Wildman–Crippen MR) is 124 cm³/mol. The first kappa shape index (κ1) is 20.1. The summed E-state index contributed by atoms with van der Waals surface area (Å²) in [5.41, 5.74) is 3.90. The second-order valence-electron chi connectivity index (χ2n) is 6.91. The molecule has 5 aromatic rings. The largest absolute Gasteiger partial charge is 0.322 e. The molecule has 7 nitrogen and oxygen atoms in total. The lowest BCUT2D eigenvalue weighted by Gasteiger charge is -2.09. The molecule has 0 radical (unpaired) electrons. The van der Waals surface area contributed by atoms with Crippen LogP contribution in [-0.2, 0) is 0 Å². The maximum Gasteiger partial charge on any atom is 0.257 e. The van der Waals surface area contributed by atoms with Gasteiger partial charge in [-0.25, -0.2) is 0 Å². The number of amides is 1. The van der Waals surface area contributed by atoms with Crippen LogP contribution in [-0.4, -0.2) is 30.7 Å². The number of carbonyl (C=O) groups excluding carboxylic acids is 1. The van der Waals surface area contributed by atoms with Gasteiger partial charge in [-0.05, 0) is 54.6 Å². The first-order valence-electron chi connectivity index (χ1n) is 9.58. The fourth-order valence-electron chi connectivity index (χ4n) is 3.25. The Morgan fingerprint density at radius 1 is 0.875 bits per heavy atom. The number of rotatable bonds is 4. The molecule has 0 saturated heterocycles. The summed E-state index contributed by atoms with van der Waals surface area (Å²) in [5.74, 6) is 0.265. The minimum absolute atomic E-state index is 0.301. The van der Waals surface area contributed by atoms with Crippen LogP contribution >= 0.6 is 23.2 Å². The van der Waals surface area contributed by atoms with E-state index >= 15 is 0 Å². The summed E-state index contributed by atoms with van der Waals surface area (Å²) in [6, 6.07) is 19.5. The Bertz CT molecular complexity index is 1450. The van der Waals surface area contributed by atoms with Crippen LogP contribution in [0.2, 0.25) is 10.0 Å². The summed E-state index contributed by atoms with van der Waals surface area (Å²) >= 11 is 12.1. The quantitative estimate of drug-likeness (QED) is 0.387. The van der Waals surface area contributed by atoms with Crippen LogP contribution in [0.25, 0.3) is 28.3 Å². The van der Waals surface area contributed by atoms with Crippen molar-refractivity contribution in [2.24, 2.45) is 0 Å². The summed E-state index contributed by atoms with van der Waals surface area (Å²) < 4.78 is 1.68. The molecular formula is C23H14Cl2N6O. The smallest absolute Gasteiger partial charge is 0.257 e. The predicted octanol–water partition coefficient (Wildman–Crippen LogP) is 5.41. The van der Waals surface area contributed by atoms with Gasteiger partial charge in [-0.1, -0.05) is 35.3 Å². The van der Waals surface area contributed by atoms with Crippen molar-refractivity contribution in [3.63, 3.8) is 0 Å². The molecule has 32 heavy (non-hydrogen) atoms. The first-order valence-corrected chi connectivity index (χ1v) is 10.3. The molecule has 1 amide bonds. The Morgan fingerprint density at radius 3 is 2.56 bits per heavy atom. The average Bonchev–Trinajstić information content (AvgIpc) is 3.24. The molecular weight excluding hydrogens is 447 g/mol. The van der Waals surface area contributed by atoms with Gasteiger partial charge in [-0.3, -0.25) is 9.78 Å². The van der Waals surface area contributed by atoms with Gasteiger partial charge >= 0.3 is 0 Å². The molecule has 1 N–H and O–H groups in total. The summed E-state index contributed by atoms with van der Waals surface area (Å²) in [6.45, 7) is 0. The average molecular weight is 461 g/mol. The van der Waals surface area contributed by atoms with Crippen molar-refractivity contribution in [3.8, 4) is 22.6 Å². The molecule has 0 bridgehead atoms. The summed E-state index contributed by atoms with van der Waals surface area (Å²) in [6.07, 6.45) is 3.39. The van der Waals surface area contributed by atoms with Crippen LogP contribution in [0.5, 0.6) is 0 Å². The zero-order valence-corrected chi connectivity index (χ0v) is 17.9. The van der Waals surface area contributed by atoms with Gasteiger partial charge in [0.15, 0.2) is 11.5 Å². The number of nitrogens with one attached hydrogen (secondary N) is 1. The normalized spacial score (nSPS) is 10.9. The van der Waals surface area contributed by atoms with Crippen LogP contribution in [0, 0.1) is 0 Å². The number of pyridine rings is 1. The van der Waals surface area contributed by atoms with E-state index in [-0.39, 0.29) is 5.91 Å². The molecule has 0 atom stereocenters. The van der Waals surface area contributed by atoms with Crippen molar-refractivity contribution in [3.05, 3.63) is 94.7 Å². The van der Waals surface area contributed by atoms with Crippen LogP contribution in [0.4, 0.5) is 5.69 Å². The number of nitrogens with zero attached hydrogens (tertiary/aromatic N) is 5. The monoisotopic (exact) mass is 460 g/mol. The third-order valence-electron chi connectivity index (χ3n) is 4.79. The molecule has 0 saturated carbocycles. The molecule has 0 aliphatic heterocycles. The van der Waals surface area contributed by atoms with Crippen molar-refractivity contribution < 1.29 is 4.79 Å². The number of fused-ring (bicyclic) bond motifs is 1. The molecule has 3 aromatic heterocycles. The molecule has 0 spiro atoms. The first-order chi connectivity index (χ1) is 15.6. The number of halogens is 2. The zero-order valence-electron chi connectivity index (χ0n) is 16.4. The van der Waals surface area contributed by atoms with E-state index in [1.807, 2.05) is 42.5 Å². The number of hydrogen-bond donors (Lipinski definition) is 1. The van der Waals surface area contributed by atoms with E-state index in [0.717, 1.165) is 11.1 Å². The highest BCUT2D eigenvalue weighted by molar-refractivity contribution is 6.36. The fraction of sp³-hybridized carbons (Fsp3) is 0. The van der Waals surface area contributed by atoms with E-state index in [1.165, 1.54) is 6.07 Å². The van der Waals surface area contributed by atoms with Gasteiger partial charge in [0.2, 0.25) is 0 Å². The van der Waals surface area contributed by atoms with E-state index in [1.54, 1.807) is 35.1 Å². The number of hydrogen-bond acceptors (Lipinski definition) is 5. The van der Waals surface area contributed by atoms with Gasteiger partial charge in [0, 0.05) is 34.2 Å². The van der Waals surface area contributed by atoms with E-state index in [2.05, 4.69) is 20.5 Å². The zero-order chi connectivity index (χ0) is 22.1. The summed E-state index contributed by atoms with van der Waals surface area (Å²) in [5, 5.41) is 16.8. The lowest BCUT2D eigenvalue weighted by molar-refractivity contribution is 0.102. The van der Waals surface area contributed by atoms with Crippen LogP contribution in [0.15, 0.2) is 79.1 Å². The van der Waals surface area contributed by atoms with Gasteiger partial charge < -0.3 is 5.32 Å². The lowest BCUT2D eigenvalue weighted by Crippen LogP contribution is -2.12. The van der Waals surface area contributed by atoms with Crippen LogP contribution in [0.3, 0.4) is 0 Å². The number of carbonyl (C=O) groups is 1. The lowest BCUT2D eigenvalue weighted by atomic mass is 10.1. The van der Waals surface area contributed by atoms with Gasteiger partial charge in [0.1, 0.15) is 0 Å². The molecule has 0 aliphatic carbocycles. The number of aromatic nitrogens is 5. The summed E-state index contributed by atoms with van der Waals surface area (Å²) in [7, 11) is 0. The van der Waals surface area contributed by atoms with Gasteiger partial charge in [0.25, 0.3) is 5.91 Å². The molecule has 0 fully saturated rings. The van der Waals surface area contributed by atoms with Crippen LogP contribution in [0.1, 0.15) is 10.4 Å². The van der Waals surface area contributed by atoms with Crippen molar-refractivity contribution in [1.82, 2.24) is 24.8 Å². The number of anilines is 1. The molecule has 156 valence electrons. The van der Waals surface area contributed by atoms with Crippen LogP contribution < -0.4 is 5.32 Å². The fourth-order valence-corrected chi connectivity index (χ4v) is 3.63. The third kappa shape index (κ3) is 3.91. The highest BCUT2D eigenvalue weighted by Gasteiger charge is 2.13. The standard InChI is InChI=1S/C23H14Cl2N6O/c24-16-4-5-19(25)18(13-16)23(32)27-17-3-1-2-15(12-17)20-6-7-21-28-29-22(31(21)30-20)14-8-10-26-11-9-14/h1-13H,(H,27,32). The molecule has 2 aromatic carbocycles. The van der Waals surface area contributed by atoms with Crippen molar-refractivity contribution in [2.75, 3.05) is 5.32 Å². The third-order valence-corrected chi connectivity index (χ3v) is 5.36. The minimum Gasteiger partial charge on any atom is -0.322 e. The Hall–Kier alpha value is -3.81. The van der Waals surface area contributed by atoms with E-state index in [9.17, 15) is 4.79 Å². The van der Waals surface area contributed by atoms with E-state index in [0.29, 0.717) is 38.5 Å². The SMILES string of the molecule is O=C(Nc1cccc(-c2ccc3nnc(-c4ccncc4)n3n2)c1)c1cc(Cl)ccc1Cl. The second kappa shape index (κ2) is 8.37. The Morgan fingerprint density at radius 2 is 1.72 bits per heavy atom. The molecule has 0 unspecified atom stereocenters. The molecule has 0 aliphatic rings. The molecule has 5 rings (SSSR count). The van der Waals surface area contributed by atoms with E-state index in [4.69, 9.17) is 28.3 Å².